The number of hydrogen-bond acceptors (Lipinski definition) is 5. The van der Waals surface area contributed by atoms with Crippen LogP contribution in [0.1, 0.15) is 61.1 Å². The molecule has 5 nitrogen and oxygen atoms in total. The monoisotopic (exact) mass is 718 g/mol. The van der Waals surface area contributed by atoms with Crippen LogP contribution >= 0.6 is 27.5 Å². The highest BCUT2D eigenvalue weighted by Gasteiger charge is 2.46. The first-order valence-electron chi connectivity index (χ1n) is 16.4. The maximum Gasteiger partial charge on any atom is 0.141 e. The molecule has 1 aliphatic heterocycles. The van der Waals surface area contributed by atoms with Crippen LogP contribution in [0.4, 0.5) is 0 Å². The number of halogens is 2. The molecule has 1 aliphatic rings. The second kappa shape index (κ2) is 17.3. The van der Waals surface area contributed by atoms with Gasteiger partial charge in [-0.05, 0) is 76.1 Å². The molecule has 1 fully saturated rings. The first-order chi connectivity index (χ1) is 22.9. The Bertz CT molecular complexity index is 1560. The number of ether oxygens (including phenoxy) is 5. The maximum atomic E-state index is 7.05. The summed E-state index contributed by atoms with van der Waals surface area (Å²) in [6.45, 7) is 12.0. The topological polar surface area (TPSA) is 46.2 Å². The molecule has 1 unspecified atom stereocenters. The van der Waals surface area contributed by atoms with E-state index >= 15 is 0 Å². The molecule has 7 heteroatoms. The maximum absolute atomic E-state index is 7.05. The van der Waals surface area contributed by atoms with E-state index in [1.54, 1.807) is 6.08 Å². The summed E-state index contributed by atoms with van der Waals surface area (Å²) in [5.74, 6) is 1.54. The van der Waals surface area contributed by atoms with E-state index in [0.29, 0.717) is 48.1 Å². The molecule has 248 valence electrons. The smallest absolute Gasteiger partial charge is 0.141 e. The Morgan fingerprint density at radius 3 is 2.02 bits per heavy atom. The lowest BCUT2D eigenvalue weighted by Crippen LogP contribution is -2.51. The van der Waals surface area contributed by atoms with Gasteiger partial charge in [0.05, 0.1) is 41.5 Å². The summed E-state index contributed by atoms with van der Waals surface area (Å²) < 4.78 is 33.3. The van der Waals surface area contributed by atoms with Crippen LogP contribution in [0.3, 0.4) is 0 Å². The van der Waals surface area contributed by atoms with Crippen LogP contribution in [0.2, 0.25) is 5.02 Å². The Morgan fingerprint density at radius 1 is 0.830 bits per heavy atom. The van der Waals surface area contributed by atoms with Gasteiger partial charge in [-0.15, -0.1) is 0 Å². The molecular weight excluding hydrogens is 676 g/mol. The third-order valence-electron chi connectivity index (χ3n) is 8.57. The highest BCUT2D eigenvalue weighted by Crippen LogP contribution is 2.48. The van der Waals surface area contributed by atoms with E-state index in [1.165, 1.54) is 0 Å². The molecule has 1 saturated heterocycles. The van der Waals surface area contributed by atoms with E-state index in [-0.39, 0.29) is 18.1 Å². The Kier molecular flexibility index (Phi) is 13.0. The Morgan fingerprint density at radius 2 is 1.45 bits per heavy atom. The Labute approximate surface area is 292 Å². The minimum atomic E-state index is -0.493. The normalized spacial score (nSPS) is 20.9. The van der Waals surface area contributed by atoms with Crippen molar-refractivity contribution in [2.24, 2.45) is 5.92 Å². The molecule has 0 aromatic heterocycles. The van der Waals surface area contributed by atoms with E-state index in [2.05, 4.69) is 78.8 Å². The van der Waals surface area contributed by atoms with E-state index < -0.39 is 12.2 Å². The molecular formula is C40H44BrClO5. The van der Waals surface area contributed by atoms with Crippen molar-refractivity contribution in [3.8, 4) is 11.5 Å². The van der Waals surface area contributed by atoms with E-state index in [1.807, 2.05) is 55.5 Å². The average molecular weight is 720 g/mol. The summed E-state index contributed by atoms with van der Waals surface area (Å²) in [6.07, 6.45) is 1.92. The van der Waals surface area contributed by atoms with Crippen LogP contribution in [0.5, 0.6) is 11.5 Å². The number of rotatable bonds is 15. The average Bonchev–Trinajstić information content (AvgIpc) is 3.10. The van der Waals surface area contributed by atoms with Crippen molar-refractivity contribution in [2.45, 2.75) is 71.2 Å². The fraction of sp³-hybridized carbons (Fsp3) is 0.350. The summed E-state index contributed by atoms with van der Waals surface area (Å²) in [5.41, 5.74) is 5.11. The zero-order chi connectivity index (χ0) is 33.2. The zero-order valence-electron chi connectivity index (χ0n) is 27.4. The van der Waals surface area contributed by atoms with Gasteiger partial charge >= 0.3 is 0 Å². The fourth-order valence-corrected chi connectivity index (χ4v) is 6.96. The summed E-state index contributed by atoms with van der Waals surface area (Å²) in [6, 6.07) is 30.7. The van der Waals surface area contributed by atoms with E-state index in [4.69, 9.17) is 35.3 Å². The minimum absolute atomic E-state index is 0.0615. The molecule has 4 aromatic carbocycles. The molecule has 0 spiro atoms. The van der Waals surface area contributed by atoms with Crippen molar-refractivity contribution in [3.05, 3.63) is 141 Å². The standard InChI is InChI=1S/C40H44BrClO5/c1-5-22-44-38-33(24-31(36(42)35(38)41)23-28-18-20-32(21-19-28)43-7-3)39-40(46-26-30-16-12-9-13-17-30)37(27(4)34(6-2)47-39)45-25-29-14-10-8-11-15-29/h5,8-21,24,27,34,37,39-40H,1,6-7,22-23,25-26H2,2-4H3/t27-,34-,37+,39?,40-/m1/s1. The first kappa shape index (κ1) is 35.2. The van der Waals surface area contributed by atoms with Crippen LogP contribution in [-0.2, 0) is 33.8 Å². The lowest BCUT2D eigenvalue weighted by Gasteiger charge is -2.46. The quantitative estimate of drug-likeness (QED) is 0.115. The van der Waals surface area contributed by atoms with Gasteiger partial charge in [-0.1, -0.05) is 111 Å². The van der Waals surface area contributed by atoms with Crippen molar-refractivity contribution < 1.29 is 23.7 Å². The first-order valence-corrected chi connectivity index (χ1v) is 17.5. The summed E-state index contributed by atoms with van der Waals surface area (Å²) >= 11 is 10.8. The van der Waals surface area contributed by atoms with Gasteiger partial charge in [0.1, 0.15) is 30.3 Å². The molecule has 4 aromatic rings. The second-order valence-electron chi connectivity index (χ2n) is 11.8. The number of hydrogen-bond donors (Lipinski definition) is 0. The predicted molar refractivity (Wildman–Crippen MR) is 192 cm³/mol. The summed E-state index contributed by atoms with van der Waals surface area (Å²) in [7, 11) is 0. The molecule has 0 radical (unpaired) electrons. The van der Waals surface area contributed by atoms with Crippen molar-refractivity contribution in [1.29, 1.82) is 0 Å². The third-order valence-corrected chi connectivity index (χ3v) is 9.98. The molecule has 0 bridgehead atoms. The summed E-state index contributed by atoms with van der Waals surface area (Å²) in [5, 5.41) is 0.594. The van der Waals surface area contributed by atoms with E-state index in [9.17, 15) is 0 Å². The Balaban J connectivity index is 1.57. The zero-order valence-corrected chi connectivity index (χ0v) is 29.7. The molecule has 0 amide bonds. The van der Waals surface area contributed by atoms with Crippen LogP contribution in [-0.4, -0.2) is 31.5 Å². The van der Waals surface area contributed by atoms with Gasteiger partial charge in [0.2, 0.25) is 0 Å². The number of benzene rings is 4. The van der Waals surface area contributed by atoms with Gasteiger partial charge in [0, 0.05) is 11.5 Å². The molecule has 0 saturated carbocycles. The van der Waals surface area contributed by atoms with E-state index in [0.717, 1.165) is 40.0 Å². The van der Waals surface area contributed by atoms with Gasteiger partial charge in [-0.3, -0.25) is 0 Å². The van der Waals surface area contributed by atoms with Crippen LogP contribution in [0.15, 0.2) is 108 Å². The molecule has 5 rings (SSSR count). The highest BCUT2D eigenvalue weighted by molar-refractivity contribution is 9.10. The molecule has 0 N–H and O–H groups in total. The molecule has 0 aliphatic carbocycles. The molecule has 47 heavy (non-hydrogen) atoms. The van der Waals surface area contributed by atoms with Crippen LogP contribution in [0.25, 0.3) is 0 Å². The molecule has 1 heterocycles. The minimum Gasteiger partial charge on any atom is -0.494 e. The van der Waals surface area contributed by atoms with Crippen molar-refractivity contribution in [1.82, 2.24) is 0 Å². The summed E-state index contributed by atoms with van der Waals surface area (Å²) in [4.78, 5) is 0. The van der Waals surface area contributed by atoms with Gasteiger partial charge in [0.15, 0.2) is 0 Å². The van der Waals surface area contributed by atoms with Gasteiger partial charge < -0.3 is 23.7 Å². The van der Waals surface area contributed by atoms with Crippen LogP contribution < -0.4 is 9.47 Å². The SMILES string of the molecule is C=CCOc1c(C2O[C@H](CC)[C@@H](C)[C@H](OCc3ccccc3)[C@H]2OCc2ccccc2)cc(Cc2ccc(OCC)cc2)c(Cl)c1Br. The second-order valence-corrected chi connectivity index (χ2v) is 13.0. The third kappa shape index (κ3) is 8.87. The highest BCUT2D eigenvalue weighted by atomic mass is 79.9. The van der Waals surface area contributed by atoms with Crippen LogP contribution in [0, 0.1) is 5.92 Å². The largest absolute Gasteiger partial charge is 0.494 e. The van der Waals surface area contributed by atoms with Crippen molar-refractivity contribution >= 4 is 27.5 Å². The molecule has 5 atom stereocenters. The van der Waals surface area contributed by atoms with Gasteiger partial charge in [0.25, 0.3) is 0 Å². The predicted octanol–water partition coefficient (Wildman–Crippen LogP) is 10.3. The Hall–Kier alpha value is -3.13. The lowest BCUT2D eigenvalue weighted by molar-refractivity contribution is -0.235. The fourth-order valence-electron chi connectivity index (χ4n) is 6.16. The van der Waals surface area contributed by atoms with Gasteiger partial charge in [-0.2, -0.15) is 0 Å². The lowest BCUT2D eigenvalue weighted by atomic mass is 9.83. The van der Waals surface area contributed by atoms with Crippen molar-refractivity contribution in [2.75, 3.05) is 13.2 Å². The van der Waals surface area contributed by atoms with Gasteiger partial charge in [-0.25, -0.2) is 0 Å². The van der Waals surface area contributed by atoms with Crippen molar-refractivity contribution in [3.63, 3.8) is 0 Å².